The molecule has 3 heterocycles. The van der Waals surface area contributed by atoms with Crippen molar-refractivity contribution in [2.75, 3.05) is 29.9 Å². The van der Waals surface area contributed by atoms with Gasteiger partial charge in [0.15, 0.2) is 0 Å². The van der Waals surface area contributed by atoms with Crippen molar-refractivity contribution >= 4 is 61.8 Å². The molecule has 2 fully saturated rings. The first-order chi connectivity index (χ1) is 16.8. The van der Waals surface area contributed by atoms with Gasteiger partial charge in [-0.15, -0.1) is 0 Å². The fraction of sp³-hybridized carbons (Fsp3) is 0.400. The second-order valence-electron chi connectivity index (χ2n) is 9.38. The maximum Gasteiger partial charge on any atom is 0.240 e. The number of anilines is 3. The van der Waals surface area contributed by atoms with E-state index in [0.29, 0.717) is 29.9 Å². The van der Waals surface area contributed by atoms with Gasteiger partial charge in [0.25, 0.3) is 0 Å². The summed E-state index contributed by atoms with van der Waals surface area (Å²) in [6.07, 6.45) is 3.49. The molecule has 2 saturated heterocycles. The van der Waals surface area contributed by atoms with Crippen LogP contribution in [0.25, 0.3) is 10.9 Å². The van der Waals surface area contributed by atoms with Crippen LogP contribution < -0.4 is 20.9 Å². The number of aromatic nitrogens is 2. The lowest BCUT2D eigenvalue weighted by molar-refractivity contribution is -0.127. The average Bonchev–Trinajstić information content (AvgIpc) is 3.29. The second-order valence-corrected chi connectivity index (χ2v) is 10.7. The Bertz CT molecular complexity index is 1260. The van der Waals surface area contributed by atoms with E-state index in [1.807, 2.05) is 25.1 Å². The van der Waals surface area contributed by atoms with Crippen molar-refractivity contribution in [3.05, 3.63) is 51.7 Å². The minimum absolute atomic E-state index is 0.0810. The maximum absolute atomic E-state index is 14.5. The third-order valence-electron chi connectivity index (χ3n) is 6.81. The van der Waals surface area contributed by atoms with Gasteiger partial charge in [-0.3, -0.25) is 4.79 Å². The van der Waals surface area contributed by atoms with Gasteiger partial charge in [0, 0.05) is 34.0 Å². The van der Waals surface area contributed by atoms with Crippen LogP contribution in [-0.2, 0) is 4.79 Å². The Kier molecular flexibility index (Phi) is 6.83. The number of carbonyl (C=O) groups excluding carboxylic acids is 1. The molecule has 5 rings (SSSR count). The van der Waals surface area contributed by atoms with Crippen LogP contribution in [0.5, 0.6) is 0 Å². The van der Waals surface area contributed by atoms with Crippen molar-refractivity contribution in [3.63, 3.8) is 0 Å². The highest BCUT2D eigenvalue weighted by Crippen LogP contribution is 2.31. The van der Waals surface area contributed by atoms with Crippen molar-refractivity contribution in [3.8, 4) is 0 Å². The van der Waals surface area contributed by atoms with E-state index >= 15 is 0 Å². The average molecular weight is 562 g/mol. The van der Waals surface area contributed by atoms with E-state index in [2.05, 4.69) is 36.8 Å². The SMILES string of the molecule is CC1(C(=O)NC2CCN(c3nc(Nc4ccc(Cl)cc4F)c4cc(Br)ccc4n3)CC2)CCCN1. The predicted octanol–water partition coefficient (Wildman–Crippen LogP) is 5.16. The Morgan fingerprint density at radius 3 is 2.74 bits per heavy atom. The standard InChI is InChI=1S/C25H27BrClFN6O/c1-25(9-2-10-29-25)23(35)30-17-7-11-34(12-8-17)24-32-20-5-3-15(26)13-18(20)22(33-24)31-21-6-4-16(27)14-19(21)28/h3-6,13-14,17,29H,2,7-12H2,1H3,(H,30,35)(H,31,32,33). The molecule has 2 aromatic carbocycles. The molecule has 184 valence electrons. The molecule has 7 nitrogen and oxygen atoms in total. The molecule has 0 aliphatic carbocycles. The molecule has 1 aromatic heterocycles. The van der Waals surface area contributed by atoms with Crippen molar-refractivity contribution in [2.24, 2.45) is 0 Å². The van der Waals surface area contributed by atoms with E-state index in [9.17, 15) is 9.18 Å². The topological polar surface area (TPSA) is 82.2 Å². The molecule has 0 spiro atoms. The summed E-state index contributed by atoms with van der Waals surface area (Å²) in [6.45, 7) is 4.29. The summed E-state index contributed by atoms with van der Waals surface area (Å²) in [6, 6.07) is 10.4. The fourth-order valence-electron chi connectivity index (χ4n) is 4.70. The summed E-state index contributed by atoms with van der Waals surface area (Å²) in [4.78, 5) is 24.4. The van der Waals surface area contributed by atoms with Gasteiger partial charge in [0.05, 0.1) is 16.7 Å². The largest absolute Gasteiger partial charge is 0.352 e. The molecule has 0 saturated carbocycles. The molecule has 1 amide bonds. The van der Waals surface area contributed by atoms with Crippen LogP contribution in [0.1, 0.15) is 32.6 Å². The molecular formula is C25H27BrClFN6O. The van der Waals surface area contributed by atoms with E-state index in [1.54, 1.807) is 12.1 Å². The first-order valence-corrected chi connectivity index (χ1v) is 13.0. The quantitative estimate of drug-likeness (QED) is 0.399. The van der Waals surface area contributed by atoms with Crippen molar-refractivity contribution in [2.45, 2.75) is 44.2 Å². The summed E-state index contributed by atoms with van der Waals surface area (Å²) >= 11 is 9.42. The summed E-state index contributed by atoms with van der Waals surface area (Å²) in [7, 11) is 0. The summed E-state index contributed by atoms with van der Waals surface area (Å²) in [5, 5.41) is 10.8. The number of amides is 1. The third-order valence-corrected chi connectivity index (χ3v) is 7.54. The summed E-state index contributed by atoms with van der Waals surface area (Å²) < 4.78 is 15.4. The van der Waals surface area contributed by atoms with Crippen LogP contribution in [0.15, 0.2) is 40.9 Å². The number of halogens is 3. The molecule has 10 heteroatoms. The number of hydrogen-bond donors (Lipinski definition) is 3. The summed E-state index contributed by atoms with van der Waals surface area (Å²) in [5.74, 6) is 0.717. The van der Waals surface area contributed by atoms with E-state index < -0.39 is 11.4 Å². The molecular weight excluding hydrogens is 535 g/mol. The van der Waals surface area contributed by atoms with E-state index in [-0.39, 0.29) is 17.6 Å². The lowest BCUT2D eigenvalue weighted by Gasteiger charge is -2.34. The molecule has 2 aliphatic heterocycles. The maximum atomic E-state index is 14.5. The van der Waals surface area contributed by atoms with Crippen LogP contribution in [0, 0.1) is 5.82 Å². The zero-order valence-corrected chi connectivity index (χ0v) is 21.7. The molecule has 2 aliphatic rings. The second kappa shape index (κ2) is 9.87. The monoisotopic (exact) mass is 560 g/mol. The molecule has 0 radical (unpaired) electrons. The van der Waals surface area contributed by atoms with Crippen molar-refractivity contribution in [1.29, 1.82) is 0 Å². The van der Waals surface area contributed by atoms with Gasteiger partial charge in [0.1, 0.15) is 11.6 Å². The molecule has 1 atom stereocenters. The number of rotatable bonds is 5. The Hall–Kier alpha value is -2.49. The first kappa shape index (κ1) is 24.2. The Balaban J connectivity index is 1.35. The van der Waals surface area contributed by atoms with Crippen LogP contribution in [-0.4, -0.2) is 47.1 Å². The van der Waals surface area contributed by atoms with E-state index in [0.717, 1.165) is 47.6 Å². The number of hydrogen-bond acceptors (Lipinski definition) is 6. The molecule has 3 N–H and O–H groups in total. The number of fused-ring (bicyclic) bond motifs is 1. The number of piperidine rings is 1. The third kappa shape index (κ3) is 5.22. The first-order valence-electron chi connectivity index (χ1n) is 11.8. The van der Waals surface area contributed by atoms with Gasteiger partial charge in [-0.1, -0.05) is 27.5 Å². The number of carbonyl (C=O) groups is 1. The highest BCUT2D eigenvalue weighted by molar-refractivity contribution is 9.10. The summed E-state index contributed by atoms with van der Waals surface area (Å²) in [5.41, 5.74) is 0.575. The minimum Gasteiger partial charge on any atom is -0.352 e. The van der Waals surface area contributed by atoms with Crippen LogP contribution in [0.2, 0.25) is 5.02 Å². The van der Waals surface area contributed by atoms with Crippen LogP contribution in [0.3, 0.4) is 0 Å². The number of benzene rings is 2. The zero-order valence-electron chi connectivity index (χ0n) is 19.4. The van der Waals surface area contributed by atoms with Gasteiger partial charge in [-0.2, -0.15) is 4.98 Å². The Morgan fingerprint density at radius 2 is 2.03 bits per heavy atom. The predicted molar refractivity (Wildman–Crippen MR) is 141 cm³/mol. The van der Waals surface area contributed by atoms with Gasteiger partial charge in [-0.25, -0.2) is 9.37 Å². The smallest absolute Gasteiger partial charge is 0.240 e. The fourth-order valence-corrected chi connectivity index (χ4v) is 5.22. The van der Waals surface area contributed by atoms with E-state index in [1.165, 1.54) is 6.07 Å². The lowest BCUT2D eigenvalue weighted by Crippen LogP contribution is -2.55. The highest BCUT2D eigenvalue weighted by Gasteiger charge is 2.37. The Labute approximate surface area is 217 Å². The van der Waals surface area contributed by atoms with Crippen molar-refractivity contribution in [1.82, 2.24) is 20.6 Å². The number of nitrogens with zero attached hydrogens (tertiary/aromatic N) is 3. The highest BCUT2D eigenvalue weighted by atomic mass is 79.9. The Morgan fingerprint density at radius 1 is 1.23 bits per heavy atom. The van der Waals surface area contributed by atoms with Crippen LogP contribution >= 0.6 is 27.5 Å². The van der Waals surface area contributed by atoms with Crippen molar-refractivity contribution < 1.29 is 9.18 Å². The van der Waals surface area contributed by atoms with Gasteiger partial charge in [0.2, 0.25) is 11.9 Å². The van der Waals surface area contributed by atoms with Crippen LogP contribution in [0.4, 0.5) is 21.8 Å². The molecule has 1 unspecified atom stereocenters. The molecule has 3 aromatic rings. The van der Waals surface area contributed by atoms with E-state index in [4.69, 9.17) is 21.6 Å². The van der Waals surface area contributed by atoms with Gasteiger partial charge < -0.3 is 20.9 Å². The number of nitrogens with one attached hydrogen (secondary N) is 3. The minimum atomic E-state index is -0.468. The molecule has 35 heavy (non-hydrogen) atoms. The van der Waals surface area contributed by atoms with Gasteiger partial charge in [-0.05, 0) is 75.5 Å². The zero-order chi connectivity index (χ0) is 24.6. The normalized spacial score (nSPS) is 20.9. The molecule has 0 bridgehead atoms. The van der Waals surface area contributed by atoms with Gasteiger partial charge >= 0.3 is 0 Å². The lowest BCUT2D eigenvalue weighted by atomic mass is 9.97.